The molecule has 0 aliphatic carbocycles. The molecule has 0 bridgehead atoms. The van der Waals surface area contributed by atoms with E-state index >= 15 is 0 Å². The molecule has 0 amide bonds. The summed E-state index contributed by atoms with van der Waals surface area (Å²) in [5.74, 6) is 0.732. The summed E-state index contributed by atoms with van der Waals surface area (Å²) in [7, 11) is 1.61. The number of hydrogen-bond donors (Lipinski definition) is 0. The van der Waals surface area contributed by atoms with Crippen molar-refractivity contribution in [1.29, 1.82) is 0 Å². The van der Waals surface area contributed by atoms with Crippen molar-refractivity contribution in [3.05, 3.63) is 50.7 Å². The molecule has 0 spiro atoms. The van der Waals surface area contributed by atoms with E-state index in [4.69, 9.17) is 4.74 Å². The minimum Gasteiger partial charge on any atom is -0.496 e. The number of rotatable bonds is 3. The number of hydrogen-bond acceptors (Lipinski definition) is 3. The van der Waals surface area contributed by atoms with Crippen LogP contribution in [0.1, 0.15) is 31.9 Å². The first-order chi connectivity index (χ1) is 8.56. The van der Waals surface area contributed by atoms with E-state index in [1.165, 1.54) is 11.3 Å². The molecule has 18 heavy (non-hydrogen) atoms. The van der Waals surface area contributed by atoms with Crippen molar-refractivity contribution < 1.29 is 9.53 Å². The third-order valence-electron chi connectivity index (χ3n) is 3.19. The van der Waals surface area contributed by atoms with Crippen LogP contribution in [-0.4, -0.2) is 12.9 Å². The molecule has 0 N–H and O–H groups in total. The molecule has 2 aromatic rings. The fourth-order valence-corrected chi connectivity index (χ4v) is 2.84. The van der Waals surface area contributed by atoms with E-state index in [0.29, 0.717) is 11.3 Å². The molecule has 0 unspecified atom stereocenters. The molecule has 0 aliphatic rings. The van der Waals surface area contributed by atoms with Gasteiger partial charge in [-0.25, -0.2) is 0 Å². The van der Waals surface area contributed by atoms with Crippen LogP contribution in [0.25, 0.3) is 0 Å². The SMILES string of the molecule is COc1c(C(=O)c2sccc2C)ccc(C)c1C. The molecule has 2 nitrogen and oxygen atoms in total. The number of carbonyl (C=O) groups is 1. The predicted octanol–water partition coefficient (Wildman–Crippen LogP) is 3.91. The topological polar surface area (TPSA) is 26.3 Å². The van der Waals surface area contributed by atoms with Crippen molar-refractivity contribution in [3.8, 4) is 5.75 Å². The van der Waals surface area contributed by atoms with Crippen molar-refractivity contribution in [2.24, 2.45) is 0 Å². The van der Waals surface area contributed by atoms with Gasteiger partial charge < -0.3 is 4.74 Å². The van der Waals surface area contributed by atoms with Crippen molar-refractivity contribution in [3.63, 3.8) is 0 Å². The lowest BCUT2D eigenvalue weighted by atomic mass is 10.00. The minimum atomic E-state index is 0.0439. The Balaban J connectivity index is 2.56. The van der Waals surface area contributed by atoms with Crippen molar-refractivity contribution in [1.82, 2.24) is 0 Å². The highest BCUT2D eigenvalue weighted by molar-refractivity contribution is 7.12. The number of thiophene rings is 1. The van der Waals surface area contributed by atoms with E-state index in [-0.39, 0.29) is 5.78 Å². The lowest BCUT2D eigenvalue weighted by Gasteiger charge is -2.12. The highest BCUT2D eigenvalue weighted by atomic mass is 32.1. The Bertz CT molecular complexity index is 597. The monoisotopic (exact) mass is 260 g/mol. The smallest absolute Gasteiger partial charge is 0.206 e. The van der Waals surface area contributed by atoms with Gasteiger partial charge in [-0.1, -0.05) is 6.07 Å². The van der Waals surface area contributed by atoms with Crippen LogP contribution in [0.15, 0.2) is 23.6 Å². The van der Waals surface area contributed by atoms with Crippen molar-refractivity contribution in [2.75, 3.05) is 7.11 Å². The second-order valence-corrected chi connectivity index (χ2v) is 5.27. The summed E-state index contributed by atoms with van der Waals surface area (Å²) in [5, 5.41) is 1.94. The van der Waals surface area contributed by atoms with Crippen LogP contribution in [0.2, 0.25) is 0 Å². The number of methoxy groups -OCH3 is 1. The second kappa shape index (κ2) is 4.94. The van der Waals surface area contributed by atoms with E-state index in [9.17, 15) is 4.79 Å². The Kier molecular flexibility index (Phi) is 3.53. The standard InChI is InChI=1S/C15H16O2S/c1-9-5-6-12(14(17-4)11(9)3)13(16)15-10(2)7-8-18-15/h5-8H,1-4H3. The molecule has 0 saturated carbocycles. The van der Waals surface area contributed by atoms with Gasteiger partial charge in [0.25, 0.3) is 0 Å². The van der Waals surface area contributed by atoms with Gasteiger partial charge in [0.05, 0.1) is 17.6 Å². The molecule has 0 fully saturated rings. The molecule has 1 aromatic carbocycles. The molecule has 1 aromatic heterocycles. The van der Waals surface area contributed by atoms with Gasteiger partial charge in [-0.2, -0.15) is 0 Å². The normalized spacial score (nSPS) is 10.4. The van der Waals surface area contributed by atoms with Crippen LogP contribution in [0.5, 0.6) is 5.75 Å². The summed E-state index contributed by atoms with van der Waals surface area (Å²) in [4.78, 5) is 13.3. The molecule has 1 heterocycles. The molecule has 0 atom stereocenters. The van der Waals surface area contributed by atoms with Gasteiger partial charge in [0, 0.05) is 0 Å². The number of ketones is 1. The number of benzene rings is 1. The van der Waals surface area contributed by atoms with Gasteiger partial charge in [-0.15, -0.1) is 11.3 Å². The molecule has 94 valence electrons. The van der Waals surface area contributed by atoms with Gasteiger partial charge in [0.2, 0.25) is 5.78 Å². The molecule has 0 aliphatic heterocycles. The lowest BCUT2D eigenvalue weighted by molar-refractivity contribution is 0.103. The Morgan fingerprint density at radius 1 is 1.11 bits per heavy atom. The van der Waals surface area contributed by atoms with Crippen molar-refractivity contribution in [2.45, 2.75) is 20.8 Å². The number of aryl methyl sites for hydroxylation is 2. The van der Waals surface area contributed by atoms with Gasteiger partial charge in [-0.05, 0) is 55.0 Å². The van der Waals surface area contributed by atoms with Crippen LogP contribution >= 0.6 is 11.3 Å². The summed E-state index contributed by atoms with van der Waals surface area (Å²) < 4.78 is 5.40. The van der Waals surface area contributed by atoms with Crippen LogP contribution in [0.4, 0.5) is 0 Å². The van der Waals surface area contributed by atoms with E-state index in [1.807, 2.05) is 44.4 Å². The van der Waals surface area contributed by atoms with Crippen LogP contribution in [0.3, 0.4) is 0 Å². The Labute approximate surface area is 111 Å². The molecule has 0 radical (unpaired) electrons. The minimum absolute atomic E-state index is 0.0439. The first kappa shape index (κ1) is 12.8. The summed E-state index contributed by atoms with van der Waals surface area (Å²) in [6, 6.07) is 5.78. The maximum atomic E-state index is 12.5. The largest absolute Gasteiger partial charge is 0.496 e. The van der Waals surface area contributed by atoms with Crippen LogP contribution in [-0.2, 0) is 0 Å². The highest BCUT2D eigenvalue weighted by Crippen LogP contribution is 2.30. The van der Waals surface area contributed by atoms with Gasteiger partial charge in [0.15, 0.2) is 0 Å². The predicted molar refractivity (Wildman–Crippen MR) is 75.0 cm³/mol. The maximum Gasteiger partial charge on any atom is 0.206 e. The first-order valence-corrected chi connectivity index (χ1v) is 6.67. The zero-order chi connectivity index (χ0) is 13.3. The van der Waals surface area contributed by atoms with E-state index in [0.717, 1.165) is 21.6 Å². The fourth-order valence-electron chi connectivity index (χ4n) is 1.96. The zero-order valence-electron chi connectivity index (χ0n) is 11.0. The van der Waals surface area contributed by atoms with Crippen molar-refractivity contribution >= 4 is 17.1 Å². The summed E-state index contributed by atoms with van der Waals surface area (Å²) in [5.41, 5.74) is 3.82. The summed E-state index contributed by atoms with van der Waals surface area (Å²) >= 11 is 1.48. The summed E-state index contributed by atoms with van der Waals surface area (Å²) in [6.45, 7) is 5.95. The zero-order valence-corrected chi connectivity index (χ0v) is 11.9. The van der Waals surface area contributed by atoms with E-state index < -0.39 is 0 Å². The second-order valence-electron chi connectivity index (χ2n) is 4.35. The molecule has 0 saturated heterocycles. The third-order valence-corrected chi connectivity index (χ3v) is 4.21. The Hall–Kier alpha value is -1.61. The number of ether oxygens (including phenoxy) is 1. The quantitative estimate of drug-likeness (QED) is 0.782. The van der Waals surface area contributed by atoms with Crippen LogP contribution in [0, 0.1) is 20.8 Å². The molecular formula is C15H16O2S. The highest BCUT2D eigenvalue weighted by Gasteiger charge is 2.19. The Morgan fingerprint density at radius 3 is 2.39 bits per heavy atom. The van der Waals surface area contributed by atoms with Gasteiger partial charge >= 0.3 is 0 Å². The summed E-state index contributed by atoms with van der Waals surface area (Å²) in [6.07, 6.45) is 0. The van der Waals surface area contributed by atoms with Gasteiger partial charge in [0.1, 0.15) is 5.75 Å². The first-order valence-electron chi connectivity index (χ1n) is 5.79. The number of carbonyl (C=O) groups excluding carboxylic acids is 1. The van der Waals surface area contributed by atoms with Gasteiger partial charge in [-0.3, -0.25) is 4.79 Å². The molecule has 2 rings (SSSR count). The molecule has 3 heteroatoms. The average molecular weight is 260 g/mol. The lowest BCUT2D eigenvalue weighted by Crippen LogP contribution is -2.05. The average Bonchev–Trinajstić information content (AvgIpc) is 2.78. The fraction of sp³-hybridized carbons (Fsp3) is 0.267. The Morgan fingerprint density at radius 2 is 1.83 bits per heavy atom. The molecular weight excluding hydrogens is 244 g/mol. The van der Waals surface area contributed by atoms with E-state index in [2.05, 4.69) is 0 Å². The van der Waals surface area contributed by atoms with Crippen LogP contribution < -0.4 is 4.74 Å². The van der Waals surface area contributed by atoms with E-state index in [1.54, 1.807) is 7.11 Å². The third kappa shape index (κ3) is 2.06. The maximum absolute atomic E-state index is 12.5.